The van der Waals surface area contributed by atoms with Crippen molar-refractivity contribution in [3.63, 3.8) is 0 Å². The first kappa shape index (κ1) is 13.9. The number of hydrogen-bond donors (Lipinski definition) is 1. The second kappa shape index (κ2) is 6.06. The first-order valence-electron chi connectivity index (χ1n) is 6.85. The lowest BCUT2D eigenvalue weighted by Gasteiger charge is -2.26. The standard InChI is InChI=1S/C15H23N3O/c1-17-8-4-7-14(17)11-18(2)15(19)10-12-5-3-6-13(16)9-12/h3,5-6,9,14H,4,7-8,10-11,16H2,1-2H3. The van der Waals surface area contributed by atoms with Crippen molar-refractivity contribution in [3.05, 3.63) is 29.8 Å². The van der Waals surface area contributed by atoms with Gasteiger partial charge in [-0.05, 0) is 44.1 Å². The highest BCUT2D eigenvalue weighted by atomic mass is 16.2. The zero-order valence-electron chi connectivity index (χ0n) is 11.8. The molecular weight excluding hydrogens is 238 g/mol. The molecule has 1 fully saturated rings. The van der Waals surface area contributed by atoms with E-state index in [0.717, 1.165) is 18.7 Å². The normalized spacial score (nSPS) is 19.6. The van der Waals surface area contributed by atoms with E-state index in [1.54, 1.807) is 0 Å². The maximum atomic E-state index is 12.2. The predicted octanol–water partition coefficient (Wildman–Crippen LogP) is 1.36. The molecule has 4 nitrogen and oxygen atoms in total. The third-order valence-electron chi connectivity index (χ3n) is 3.89. The van der Waals surface area contributed by atoms with E-state index in [9.17, 15) is 4.79 Å². The molecule has 1 amide bonds. The van der Waals surface area contributed by atoms with Gasteiger partial charge in [0.1, 0.15) is 0 Å². The minimum atomic E-state index is 0.158. The van der Waals surface area contributed by atoms with Crippen molar-refractivity contribution in [1.29, 1.82) is 0 Å². The zero-order valence-corrected chi connectivity index (χ0v) is 11.8. The van der Waals surface area contributed by atoms with Gasteiger partial charge < -0.3 is 15.5 Å². The van der Waals surface area contributed by atoms with Crippen LogP contribution in [-0.4, -0.2) is 48.9 Å². The number of nitrogens with zero attached hydrogens (tertiary/aromatic N) is 2. The van der Waals surface area contributed by atoms with Crippen molar-refractivity contribution in [1.82, 2.24) is 9.80 Å². The van der Waals surface area contributed by atoms with Gasteiger partial charge in [0.25, 0.3) is 0 Å². The summed E-state index contributed by atoms with van der Waals surface area (Å²) < 4.78 is 0. The second-order valence-electron chi connectivity index (χ2n) is 5.47. The Labute approximate surface area is 115 Å². The van der Waals surface area contributed by atoms with Crippen LogP contribution in [0, 0.1) is 0 Å². The molecule has 1 aromatic rings. The summed E-state index contributed by atoms with van der Waals surface area (Å²) in [5.41, 5.74) is 7.42. The highest BCUT2D eigenvalue weighted by molar-refractivity contribution is 5.78. The van der Waals surface area contributed by atoms with Crippen molar-refractivity contribution in [3.8, 4) is 0 Å². The SMILES string of the molecule is CN(CC1CCCN1C)C(=O)Cc1cccc(N)c1. The van der Waals surface area contributed by atoms with Crippen molar-refractivity contribution in [2.24, 2.45) is 0 Å². The summed E-state index contributed by atoms with van der Waals surface area (Å²) in [6.45, 7) is 1.96. The van der Waals surface area contributed by atoms with Crippen molar-refractivity contribution >= 4 is 11.6 Å². The van der Waals surface area contributed by atoms with Crippen LogP contribution in [0.25, 0.3) is 0 Å². The molecule has 0 radical (unpaired) electrons. The van der Waals surface area contributed by atoms with Crippen LogP contribution in [0.4, 0.5) is 5.69 Å². The molecule has 104 valence electrons. The van der Waals surface area contributed by atoms with Crippen LogP contribution in [0.3, 0.4) is 0 Å². The maximum Gasteiger partial charge on any atom is 0.226 e. The van der Waals surface area contributed by atoms with Crippen molar-refractivity contribution in [2.45, 2.75) is 25.3 Å². The molecule has 1 aliphatic rings. The molecule has 0 aromatic heterocycles. The molecule has 0 bridgehead atoms. The number of likely N-dealkylation sites (N-methyl/N-ethyl adjacent to an activating group) is 2. The van der Waals surface area contributed by atoms with Gasteiger partial charge in [-0.15, -0.1) is 0 Å². The number of nitrogen functional groups attached to an aromatic ring is 1. The first-order chi connectivity index (χ1) is 9.06. The highest BCUT2D eigenvalue weighted by Gasteiger charge is 2.23. The van der Waals surface area contributed by atoms with Crippen LogP contribution in [0.1, 0.15) is 18.4 Å². The summed E-state index contributed by atoms with van der Waals surface area (Å²) in [5, 5.41) is 0. The minimum Gasteiger partial charge on any atom is -0.399 e. The number of carbonyl (C=O) groups is 1. The van der Waals surface area contributed by atoms with E-state index >= 15 is 0 Å². The molecule has 1 heterocycles. The number of anilines is 1. The highest BCUT2D eigenvalue weighted by Crippen LogP contribution is 2.16. The molecule has 1 saturated heterocycles. The van der Waals surface area contributed by atoms with Gasteiger partial charge >= 0.3 is 0 Å². The Hall–Kier alpha value is -1.55. The smallest absolute Gasteiger partial charge is 0.226 e. The van der Waals surface area contributed by atoms with Crippen LogP contribution in [0.15, 0.2) is 24.3 Å². The molecular formula is C15H23N3O. The van der Waals surface area contributed by atoms with Crippen LogP contribution >= 0.6 is 0 Å². The summed E-state index contributed by atoms with van der Waals surface area (Å²) in [5.74, 6) is 0.158. The van der Waals surface area contributed by atoms with Gasteiger partial charge in [0.2, 0.25) is 5.91 Å². The maximum absolute atomic E-state index is 12.2. The van der Waals surface area contributed by atoms with E-state index in [4.69, 9.17) is 5.73 Å². The van der Waals surface area contributed by atoms with Gasteiger partial charge in [0.15, 0.2) is 0 Å². The van der Waals surface area contributed by atoms with Gasteiger partial charge in [-0.1, -0.05) is 12.1 Å². The van der Waals surface area contributed by atoms with Crippen LogP contribution in [0.5, 0.6) is 0 Å². The fraction of sp³-hybridized carbons (Fsp3) is 0.533. The van der Waals surface area contributed by atoms with Gasteiger partial charge in [0.05, 0.1) is 6.42 Å². The fourth-order valence-electron chi connectivity index (χ4n) is 2.64. The Balaban J connectivity index is 1.88. The van der Waals surface area contributed by atoms with Gasteiger partial charge in [-0.3, -0.25) is 4.79 Å². The molecule has 1 aliphatic heterocycles. The number of benzene rings is 1. The van der Waals surface area contributed by atoms with E-state index in [2.05, 4.69) is 11.9 Å². The Kier molecular flexibility index (Phi) is 4.43. The lowest BCUT2D eigenvalue weighted by molar-refractivity contribution is -0.129. The number of likely N-dealkylation sites (tertiary alicyclic amines) is 1. The Morgan fingerprint density at radius 2 is 2.32 bits per heavy atom. The number of hydrogen-bond acceptors (Lipinski definition) is 3. The summed E-state index contributed by atoms with van der Waals surface area (Å²) in [6, 6.07) is 8.06. The summed E-state index contributed by atoms with van der Waals surface area (Å²) in [4.78, 5) is 16.4. The average molecular weight is 261 g/mol. The molecule has 0 aliphatic carbocycles. The van der Waals surface area contributed by atoms with E-state index in [1.165, 1.54) is 12.8 Å². The Bertz CT molecular complexity index is 447. The lowest BCUT2D eigenvalue weighted by atomic mass is 10.1. The predicted molar refractivity (Wildman–Crippen MR) is 77.8 cm³/mol. The fourth-order valence-corrected chi connectivity index (χ4v) is 2.64. The van der Waals surface area contributed by atoms with Gasteiger partial charge in [0, 0.05) is 25.3 Å². The average Bonchev–Trinajstić information content (AvgIpc) is 2.75. The number of amides is 1. The summed E-state index contributed by atoms with van der Waals surface area (Å²) in [7, 11) is 4.02. The van der Waals surface area contributed by atoms with Gasteiger partial charge in [-0.2, -0.15) is 0 Å². The molecule has 19 heavy (non-hydrogen) atoms. The third-order valence-corrected chi connectivity index (χ3v) is 3.89. The summed E-state index contributed by atoms with van der Waals surface area (Å²) in [6.07, 6.45) is 2.85. The molecule has 2 rings (SSSR count). The first-order valence-corrected chi connectivity index (χ1v) is 6.85. The van der Waals surface area contributed by atoms with Gasteiger partial charge in [-0.25, -0.2) is 0 Å². The van der Waals surface area contributed by atoms with E-state index < -0.39 is 0 Å². The molecule has 2 N–H and O–H groups in total. The lowest BCUT2D eigenvalue weighted by Crippen LogP contribution is -2.40. The molecule has 0 saturated carbocycles. The molecule has 1 aromatic carbocycles. The van der Waals surface area contributed by atoms with Crippen molar-refractivity contribution in [2.75, 3.05) is 32.9 Å². The number of nitrogens with two attached hydrogens (primary N) is 1. The monoisotopic (exact) mass is 261 g/mol. The van der Waals surface area contributed by atoms with Crippen LogP contribution in [0.2, 0.25) is 0 Å². The number of carbonyl (C=O) groups excluding carboxylic acids is 1. The van der Waals surface area contributed by atoms with E-state index in [0.29, 0.717) is 18.2 Å². The summed E-state index contributed by atoms with van der Waals surface area (Å²) >= 11 is 0. The molecule has 0 spiro atoms. The Morgan fingerprint density at radius 3 is 2.95 bits per heavy atom. The van der Waals surface area contributed by atoms with E-state index in [1.807, 2.05) is 36.2 Å². The quantitative estimate of drug-likeness (QED) is 0.833. The van der Waals surface area contributed by atoms with Crippen LogP contribution < -0.4 is 5.73 Å². The molecule has 4 heteroatoms. The zero-order chi connectivity index (χ0) is 13.8. The Morgan fingerprint density at radius 1 is 1.53 bits per heavy atom. The third kappa shape index (κ3) is 3.70. The van der Waals surface area contributed by atoms with E-state index in [-0.39, 0.29) is 5.91 Å². The minimum absolute atomic E-state index is 0.158. The number of rotatable bonds is 4. The van der Waals surface area contributed by atoms with Crippen LogP contribution in [-0.2, 0) is 11.2 Å². The topological polar surface area (TPSA) is 49.6 Å². The second-order valence-corrected chi connectivity index (χ2v) is 5.47. The molecule has 1 atom stereocenters. The largest absolute Gasteiger partial charge is 0.399 e. The molecule has 1 unspecified atom stereocenters. The van der Waals surface area contributed by atoms with Crippen molar-refractivity contribution < 1.29 is 4.79 Å².